The molecule has 1 aromatic rings. The Morgan fingerprint density at radius 2 is 1.89 bits per heavy atom. The molecule has 0 aromatic heterocycles. The molecule has 35 heavy (non-hydrogen) atoms. The fraction of sp³-hybridized carbons (Fsp3) is 0.571. The average molecular weight is 534 g/mol. The van der Waals surface area contributed by atoms with Gasteiger partial charge in [-0.05, 0) is 25.0 Å². The number of piperidine rings is 1. The zero-order valence-corrected chi connectivity index (χ0v) is 20.9. The molecule has 2 aliphatic heterocycles. The number of amides is 3. The van der Waals surface area contributed by atoms with Crippen molar-refractivity contribution in [3.63, 3.8) is 0 Å². The normalized spacial score (nSPS) is 18.5. The number of methoxy groups -OCH3 is 1. The van der Waals surface area contributed by atoms with Gasteiger partial charge >= 0.3 is 0 Å². The summed E-state index contributed by atoms with van der Waals surface area (Å²) in [7, 11) is -3.09. The van der Waals surface area contributed by atoms with Crippen LogP contribution in [0.3, 0.4) is 0 Å². The Balaban J connectivity index is 1.81. The second-order valence-electron chi connectivity index (χ2n) is 8.36. The molecule has 194 valence electrons. The summed E-state index contributed by atoms with van der Waals surface area (Å²) in [4.78, 5) is 41.3. The van der Waals surface area contributed by atoms with E-state index in [-0.39, 0.29) is 37.6 Å². The predicted octanol–water partition coefficient (Wildman–Crippen LogP) is -0.0812. The van der Waals surface area contributed by atoms with Gasteiger partial charge in [0.15, 0.2) is 6.04 Å². The fourth-order valence-corrected chi connectivity index (χ4v) is 5.82. The molecule has 2 fully saturated rings. The van der Waals surface area contributed by atoms with Crippen LogP contribution in [0.25, 0.3) is 0 Å². The summed E-state index contributed by atoms with van der Waals surface area (Å²) in [5, 5.41) is -0.392. The molecule has 2 aliphatic rings. The summed E-state index contributed by atoms with van der Waals surface area (Å²) < 4.78 is 47.7. The van der Waals surface area contributed by atoms with Gasteiger partial charge in [-0.15, -0.1) is 0 Å². The van der Waals surface area contributed by atoms with Crippen molar-refractivity contribution in [2.24, 2.45) is 5.73 Å². The minimum Gasteiger partial charge on any atom is -0.383 e. The first kappa shape index (κ1) is 27.3. The maximum Gasteiger partial charge on any atom is 0.250 e. The standard InChI is InChI=1S/C21H29ClFN5O6S/c1-34-11-10-26-6-8-27(9-7-26)21(31)19(20(24)30)25-35(32,33)16-13-14(23)12-15(18(16)22)28-5-3-2-4-17(28)29/h12-13,19,25H,2-11H2,1H3,(H2,24,30)/t19-/m0/s1. The summed E-state index contributed by atoms with van der Waals surface area (Å²) in [6.45, 7) is 2.99. The van der Waals surface area contributed by atoms with E-state index >= 15 is 0 Å². The Hall–Kier alpha value is -2.32. The Labute approximate surface area is 208 Å². The number of nitrogens with two attached hydrogens (primary N) is 1. The van der Waals surface area contributed by atoms with Crippen molar-refractivity contribution >= 4 is 45.0 Å². The number of nitrogens with zero attached hydrogens (tertiary/aromatic N) is 3. The van der Waals surface area contributed by atoms with E-state index in [0.717, 1.165) is 6.07 Å². The van der Waals surface area contributed by atoms with Crippen molar-refractivity contribution in [3.05, 3.63) is 23.0 Å². The number of sulfonamides is 1. The molecule has 0 saturated carbocycles. The van der Waals surface area contributed by atoms with Gasteiger partial charge in [0.05, 0.1) is 17.3 Å². The van der Waals surface area contributed by atoms with Crippen LogP contribution >= 0.6 is 11.6 Å². The number of carbonyl (C=O) groups is 3. The molecule has 0 spiro atoms. The monoisotopic (exact) mass is 533 g/mol. The van der Waals surface area contributed by atoms with Crippen LogP contribution in [0, 0.1) is 5.82 Å². The highest BCUT2D eigenvalue weighted by molar-refractivity contribution is 7.89. The molecule has 0 bridgehead atoms. The molecule has 0 unspecified atom stereocenters. The molecule has 14 heteroatoms. The summed E-state index contributed by atoms with van der Waals surface area (Å²) in [6, 6.07) is -0.269. The Morgan fingerprint density at radius 1 is 1.20 bits per heavy atom. The third kappa shape index (κ3) is 6.47. The highest BCUT2D eigenvalue weighted by Crippen LogP contribution is 2.35. The summed E-state index contributed by atoms with van der Waals surface area (Å²) in [5.41, 5.74) is 5.26. The van der Waals surface area contributed by atoms with Crippen LogP contribution in [0.2, 0.25) is 5.02 Å². The topological polar surface area (TPSA) is 142 Å². The predicted molar refractivity (Wildman–Crippen MR) is 126 cm³/mol. The van der Waals surface area contributed by atoms with E-state index in [4.69, 9.17) is 22.1 Å². The number of hydrogen-bond donors (Lipinski definition) is 2. The van der Waals surface area contributed by atoms with Gasteiger partial charge in [0, 0.05) is 52.8 Å². The van der Waals surface area contributed by atoms with Crippen molar-refractivity contribution in [2.45, 2.75) is 30.2 Å². The van der Waals surface area contributed by atoms with Gasteiger partial charge in [-0.25, -0.2) is 12.8 Å². The minimum atomic E-state index is -4.68. The molecule has 11 nitrogen and oxygen atoms in total. The average Bonchev–Trinajstić information content (AvgIpc) is 2.82. The van der Waals surface area contributed by atoms with E-state index in [9.17, 15) is 27.2 Å². The highest BCUT2D eigenvalue weighted by Gasteiger charge is 2.36. The van der Waals surface area contributed by atoms with E-state index in [2.05, 4.69) is 4.90 Å². The van der Waals surface area contributed by atoms with Crippen LogP contribution in [-0.2, 0) is 29.1 Å². The lowest BCUT2D eigenvalue weighted by molar-refractivity contribution is -0.139. The van der Waals surface area contributed by atoms with Crippen LogP contribution in [0.15, 0.2) is 17.0 Å². The van der Waals surface area contributed by atoms with Gasteiger partial charge in [0.1, 0.15) is 10.7 Å². The number of ether oxygens (including phenoxy) is 1. The summed E-state index contributed by atoms with van der Waals surface area (Å²) in [5.74, 6) is -3.28. The molecular weight excluding hydrogens is 505 g/mol. The van der Waals surface area contributed by atoms with E-state index < -0.39 is 43.6 Å². The molecule has 0 radical (unpaired) electrons. The van der Waals surface area contributed by atoms with Crippen LogP contribution in [-0.4, -0.2) is 95.0 Å². The first-order chi connectivity index (χ1) is 16.5. The maximum atomic E-state index is 14.4. The number of hydrogen-bond acceptors (Lipinski definition) is 7. The van der Waals surface area contributed by atoms with Crippen LogP contribution < -0.4 is 15.4 Å². The molecule has 2 saturated heterocycles. The first-order valence-electron chi connectivity index (χ1n) is 11.2. The molecule has 2 heterocycles. The van der Waals surface area contributed by atoms with Gasteiger partial charge in [0.2, 0.25) is 21.8 Å². The minimum absolute atomic E-state index is 0.0918. The third-order valence-corrected chi connectivity index (χ3v) is 7.94. The lowest BCUT2D eigenvalue weighted by Gasteiger charge is -2.35. The van der Waals surface area contributed by atoms with E-state index in [0.29, 0.717) is 45.1 Å². The molecule has 3 N–H and O–H groups in total. The Kier molecular flexibility index (Phi) is 9.05. The molecule has 1 aromatic carbocycles. The lowest BCUT2D eigenvalue weighted by atomic mass is 10.1. The number of benzene rings is 1. The van der Waals surface area contributed by atoms with Gasteiger partial charge in [-0.1, -0.05) is 11.6 Å². The molecule has 3 rings (SSSR count). The second kappa shape index (κ2) is 11.6. The number of rotatable bonds is 9. The number of anilines is 1. The highest BCUT2D eigenvalue weighted by atomic mass is 35.5. The van der Waals surface area contributed by atoms with Crippen molar-refractivity contribution in [1.82, 2.24) is 14.5 Å². The van der Waals surface area contributed by atoms with Crippen molar-refractivity contribution < 1.29 is 31.9 Å². The summed E-state index contributed by atoms with van der Waals surface area (Å²) >= 11 is 6.31. The van der Waals surface area contributed by atoms with E-state index in [1.54, 1.807) is 7.11 Å². The van der Waals surface area contributed by atoms with E-state index in [1.807, 2.05) is 4.72 Å². The number of nitrogens with one attached hydrogen (secondary N) is 1. The number of primary amides is 1. The number of carbonyl (C=O) groups excluding carboxylic acids is 3. The quantitative estimate of drug-likeness (QED) is 0.423. The third-order valence-electron chi connectivity index (χ3n) is 5.99. The van der Waals surface area contributed by atoms with Gasteiger partial charge in [0.25, 0.3) is 5.91 Å². The Bertz CT molecular complexity index is 1080. The zero-order chi connectivity index (χ0) is 25.8. The molecule has 1 atom stereocenters. The SMILES string of the molecule is COCCN1CCN(C(=O)[C@@H](NS(=O)(=O)c2cc(F)cc(N3CCCCC3=O)c2Cl)C(N)=O)CC1. The van der Waals surface area contributed by atoms with Gasteiger partial charge in [-0.3, -0.25) is 19.3 Å². The molecule has 0 aliphatic carbocycles. The van der Waals surface area contributed by atoms with Crippen LogP contribution in [0.1, 0.15) is 19.3 Å². The summed E-state index contributed by atoms with van der Waals surface area (Å²) in [6.07, 6.45) is 1.54. The van der Waals surface area contributed by atoms with Crippen molar-refractivity contribution in [2.75, 3.05) is 57.9 Å². The number of piperazine rings is 1. The van der Waals surface area contributed by atoms with E-state index in [1.165, 1.54) is 9.80 Å². The number of halogens is 2. The van der Waals surface area contributed by atoms with Crippen LogP contribution in [0.4, 0.5) is 10.1 Å². The van der Waals surface area contributed by atoms with Crippen molar-refractivity contribution in [3.8, 4) is 0 Å². The molecule has 3 amide bonds. The largest absolute Gasteiger partial charge is 0.383 e. The zero-order valence-electron chi connectivity index (χ0n) is 19.3. The fourth-order valence-electron chi connectivity index (χ4n) is 4.05. The van der Waals surface area contributed by atoms with Crippen molar-refractivity contribution in [1.29, 1.82) is 0 Å². The first-order valence-corrected chi connectivity index (χ1v) is 13.0. The van der Waals surface area contributed by atoms with Gasteiger partial charge < -0.3 is 20.3 Å². The smallest absolute Gasteiger partial charge is 0.250 e. The lowest BCUT2D eigenvalue weighted by Crippen LogP contribution is -2.58. The Morgan fingerprint density at radius 3 is 2.49 bits per heavy atom. The molecular formula is C21H29ClFN5O6S. The maximum absolute atomic E-state index is 14.4. The van der Waals surface area contributed by atoms with Gasteiger partial charge in [-0.2, -0.15) is 4.72 Å². The van der Waals surface area contributed by atoms with Crippen LogP contribution in [0.5, 0.6) is 0 Å². The second-order valence-corrected chi connectivity index (χ2v) is 10.4.